The van der Waals surface area contributed by atoms with Crippen molar-refractivity contribution in [1.82, 2.24) is 5.32 Å². The predicted molar refractivity (Wildman–Crippen MR) is 79.4 cm³/mol. The Kier molecular flexibility index (Phi) is 3.77. The van der Waals surface area contributed by atoms with Crippen LogP contribution in [0.1, 0.15) is 31.2 Å². The van der Waals surface area contributed by atoms with E-state index >= 15 is 0 Å². The van der Waals surface area contributed by atoms with Crippen LogP contribution in [-0.4, -0.2) is 19.1 Å². The topological polar surface area (TPSA) is 38.3 Å². The molecule has 0 aliphatic heterocycles. The molecule has 1 aromatic rings. The van der Waals surface area contributed by atoms with Gasteiger partial charge in [-0.3, -0.25) is 4.79 Å². The summed E-state index contributed by atoms with van der Waals surface area (Å²) in [5, 5.41) is 3.15. The lowest BCUT2D eigenvalue weighted by molar-refractivity contribution is -0.117. The molecule has 20 heavy (non-hydrogen) atoms. The maximum Gasteiger partial charge on any atom is 0.244 e. The van der Waals surface area contributed by atoms with Crippen LogP contribution >= 0.6 is 0 Å². The molecule has 0 radical (unpaired) electrons. The van der Waals surface area contributed by atoms with Crippen LogP contribution in [0.3, 0.4) is 0 Å². The van der Waals surface area contributed by atoms with E-state index in [0.717, 1.165) is 17.2 Å². The number of hydrogen-bond donors (Lipinski definition) is 1. The predicted octanol–water partition coefficient (Wildman–Crippen LogP) is 3.01. The first kappa shape index (κ1) is 13.2. The summed E-state index contributed by atoms with van der Waals surface area (Å²) < 4.78 is 5.27. The molecule has 2 aliphatic rings. The van der Waals surface area contributed by atoms with E-state index in [0.29, 0.717) is 12.0 Å². The highest BCUT2D eigenvalue weighted by Crippen LogP contribution is 2.44. The third kappa shape index (κ3) is 2.72. The number of carbonyl (C=O) groups excluding carboxylic acids is 1. The quantitative estimate of drug-likeness (QED) is 0.855. The van der Waals surface area contributed by atoms with Crippen LogP contribution in [0, 0.1) is 11.8 Å². The molecule has 3 rings (SSSR count). The zero-order chi connectivity index (χ0) is 13.9. The molecule has 1 aromatic carbocycles. The average molecular weight is 271 g/mol. The summed E-state index contributed by atoms with van der Waals surface area (Å²) in [4.78, 5) is 12.0. The fraction of sp³-hybridized carbons (Fsp3) is 0.471. The number of para-hydroxylation sites is 1. The molecular formula is C17H21NO2. The van der Waals surface area contributed by atoms with Gasteiger partial charge in [0.1, 0.15) is 5.75 Å². The molecule has 2 saturated carbocycles. The second-order valence-corrected chi connectivity index (χ2v) is 5.87. The lowest BCUT2D eigenvalue weighted by Crippen LogP contribution is -2.37. The van der Waals surface area contributed by atoms with Gasteiger partial charge in [0.15, 0.2) is 0 Å². The van der Waals surface area contributed by atoms with Crippen LogP contribution in [0.5, 0.6) is 5.75 Å². The highest BCUT2D eigenvalue weighted by molar-refractivity contribution is 5.92. The van der Waals surface area contributed by atoms with E-state index in [1.807, 2.05) is 30.3 Å². The first-order valence-electron chi connectivity index (χ1n) is 7.38. The molecule has 1 N–H and O–H groups in total. The van der Waals surface area contributed by atoms with Crippen molar-refractivity contribution in [2.24, 2.45) is 11.8 Å². The second-order valence-electron chi connectivity index (χ2n) is 5.87. The van der Waals surface area contributed by atoms with Crippen LogP contribution in [0.25, 0.3) is 6.08 Å². The Balaban J connectivity index is 1.60. The van der Waals surface area contributed by atoms with Gasteiger partial charge in [-0.05, 0) is 43.2 Å². The Hall–Kier alpha value is -1.77. The van der Waals surface area contributed by atoms with Gasteiger partial charge in [0.05, 0.1) is 7.11 Å². The van der Waals surface area contributed by atoms with E-state index in [4.69, 9.17) is 4.74 Å². The maximum atomic E-state index is 12.0. The lowest BCUT2D eigenvalue weighted by Gasteiger charge is -2.22. The highest BCUT2D eigenvalue weighted by Gasteiger charge is 2.39. The van der Waals surface area contributed by atoms with Crippen molar-refractivity contribution in [3.63, 3.8) is 0 Å². The zero-order valence-corrected chi connectivity index (χ0v) is 11.8. The van der Waals surface area contributed by atoms with Gasteiger partial charge in [0.25, 0.3) is 0 Å². The van der Waals surface area contributed by atoms with E-state index in [1.165, 1.54) is 25.7 Å². The standard InChI is InChI=1S/C17H21NO2/c1-20-16-5-3-2-4-13(16)8-9-17(19)18-15-11-12-6-7-14(15)10-12/h2-5,8-9,12,14-15H,6-7,10-11H2,1H3,(H,18,19)/b9-8+/t12-,14+,15+/m1/s1. The summed E-state index contributed by atoms with van der Waals surface area (Å²) in [6, 6.07) is 8.10. The average Bonchev–Trinajstić information content (AvgIpc) is 3.08. The fourth-order valence-corrected chi connectivity index (χ4v) is 3.62. The van der Waals surface area contributed by atoms with Gasteiger partial charge in [-0.15, -0.1) is 0 Å². The number of amides is 1. The Morgan fingerprint density at radius 3 is 2.85 bits per heavy atom. The number of fused-ring (bicyclic) bond motifs is 2. The number of carbonyl (C=O) groups is 1. The number of hydrogen-bond acceptors (Lipinski definition) is 2. The summed E-state index contributed by atoms with van der Waals surface area (Å²) in [6.45, 7) is 0. The second kappa shape index (κ2) is 5.70. The first-order valence-corrected chi connectivity index (χ1v) is 7.38. The smallest absolute Gasteiger partial charge is 0.244 e. The summed E-state index contributed by atoms with van der Waals surface area (Å²) in [6.07, 6.45) is 8.55. The Bertz CT molecular complexity index is 523. The number of nitrogens with one attached hydrogen (secondary N) is 1. The highest BCUT2D eigenvalue weighted by atomic mass is 16.5. The molecular weight excluding hydrogens is 250 g/mol. The SMILES string of the molecule is COc1ccccc1/C=C/C(=O)N[C@H]1C[C@@H]2CC[C@H]1C2. The molecule has 106 valence electrons. The van der Waals surface area contributed by atoms with Crippen LogP contribution in [0.4, 0.5) is 0 Å². The van der Waals surface area contributed by atoms with Gasteiger partial charge < -0.3 is 10.1 Å². The normalized spacial score (nSPS) is 27.9. The van der Waals surface area contributed by atoms with Gasteiger partial charge in [-0.25, -0.2) is 0 Å². The molecule has 1 amide bonds. The molecule has 3 nitrogen and oxygen atoms in total. The summed E-state index contributed by atoms with van der Waals surface area (Å²) in [7, 11) is 1.64. The van der Waals surface area contributed by atoms with Crippen molar-refractivity contribution in [2.75, 3.05) is 7.11 Å². The number of methoxy groups -OCH3 is 1. The Morgan fingerprint density at radius 1 is 1.30 bits per heavy atom. The van der Waals surface area contributed by atoms with Crippen molar-refractivity contribution < 1.29 is 9.53 Å². The molecule has 3 atom stereocenters. The molecule has 0 spiro atoms. The fourth-order valence-electron chi connectivity index (χ4n) is 3.62. The molecule has 2 aliphatic carbocycles. The van der Waals surface area contributed by atoms with E-state index in [2.05, 4.69) is 5.32 Å². The van der Waals surface area contributed by atoms with Gasteiger partial charge >= 0.3 is 0 Å². The number of rotatable bonds is 4. The van der Waals surface area contributed by atoms with Crippen LogP contribution in [0.2, 0.25) is 0 Å². The first-order chi connectivity index (χ1) is 9.76. The summed E-state index contributed by atoms with van der Waals surface area (Å²) in [5.41, 5.74) is 0.929. The molecule has 0 heterocycles. The lowest BCUT2D eigenvalue weighted by atomic mass is 9.95. The molecule has 0 unspecified atom stereocenters. The molecule has 0 aromatic heterocycles. The van der Waals surface area contributed by atoms with E-state index < -0.39 is 0 Å². The largest absolute Gasteiger partial charge is 0.496 e. The molecule has 2 fully saturated rings. The van der Waals surface area contributed by atoms with Crippen molar-refractivity contribution in [1.29, 1.82) is 0 Å². The minimum atomic E-state index is 0.00783. The molecule has 2 bridgehead atoms. The van der Waals surface area contributed by atoms with E-state index in [1.54, 1.807) is 13.2 Å². The van der Waals surface area contributed by atoms with Crippen molar-refractivity contribution in [2.45, 2.75) is 31.7 Å². The maximum absolute atomic E-state index is 12.0. The number of benzene rings is 1. The van der Waals surface area contributed by atoms with Crippen LogP contribution in [0.15, 0.2) is 30.3 Å². The van der Waals surface area contributed by atoms with Gasteiger partial charge in [0.2, 0.25) is 5.91 Å². The monoisotopic (exact) mass is 271 g/mol. The van der Waals surface area contributed by atoms with Crippen LogP contribution in [-0.2, 0) is 4.79 Å². The van der Waals surface area contributed by atoms with Gasteiger partial charge in [0, 0.05) is 17.7 Å². The van der Waals surface area contributed by atoms with Crippen molar-refractivity contribution in [3.05, 3.63) is 35.9 Å². The third-order valence-electron chi connectivity index (χ3n) is 4.62. The summed E-state index contributed by atoms with van der Waals surface area (Å²) in [5.74, 6) is 2.36. The minimum Gasteiger partial charge on any atom is -0.496 e. The minimum absolute atomic E-state index is 0.00783. The van der Waals surface area contributed by atoms with Crippen molar-refractivity contribution >= 4 is 12.0 Å². The molecule has 3 heteroatoms. The van der Waals surface area contributed by atoms with Gasteiger partial charge in [-0.2, -0.15) is 0 Å². The van der Waals surface area contributed by atoms with Crippen LogP contribution < -0.4 is 10.1 Å². The van der Waals surface area contributed by atoms with E-state index in [-0.39, 0.29) is 5.91 Å². The third-order valence-corrected chi connectivity index (χ3v) is 4.62. The zero-order valence-electron chi connectivity index (χ0n) is 11.8. The number of ether oxygens (including phenoxy) is 1. The van der Waals surface area contributed by atoms with E-state index in [9.17, 15) is 4.79 Å². The molecule has 0 saturated heterocycles. The Labute approximate surface area is 120 Å². The summed E-state index contributed by atoms with van der Waals surface area (Å²) >= 11 is 0. The van der Waals surface area contributed by atoms with Gasteiger partial charge in [-0.1, -0.05) is 24.6 Å². The Morgan fingerprint density at radius 2 is 2.15 bits per heavy atom. The van der Waals surface area contributed by atoms with Crippen molar-refractivity contribution in [3.8, 4) is 5.75 Å².